The second-order valence-corrected chi connectivity index (χ2v) is 20.5. The number of unbranched alkanes of at least 4 members (excludes halogenated alkanes) is 23. The highest BCUT2D eigenvalue weighted by molar-refractivity contribution is 5.85. The highest BCUT2D eigenvalue weighted by Gasteiger charge is 2.21. The zero-order valence-corrected chi connectivity index (χ0v) is 45.2. The second kappa shape index (κ2) is 42.7. The Labute approximate surface area is 425 Å². The Bertz CT molecular complexity index is 1510. The highest BCUT2D eigenvalue weighted by Crippen LogP contribution is 2.24. The van der Waals surface area contributed by atoms with Gasteiger partial charge in [0.2, 0.25) is 0 Å². The van der Waals surface area contributed by atoms with Crippen LogP contribution >= 0.6 is 0 Å². The van der Waals surface area contributed by atoms with Crippen LogP contribution < -0.4 is 5.73 Å². The predicted octanol–water partition coefficient (Wildman–Crippen LogP) is 15.6. The lowest BCUT2D eigenvalue weighted by Gasteiger charge is -2.22. The van der Waals surface area contributed by atoms with Crippen LogP contribution in [0.25, 0.3) is 10.9 Å². The van der Waals surface area contributed by atoms with Crippen molar-refractivity contribution < 1.29 is 30.0 Å². The summed E-state index contributed by atoms with van der Waals surface area (Å²) in [7, 11) is 0.115. The molecule has 0 radical (unpaired) electrons. The molecule has 9 nitrogen and oxygen atoms in total. The molecule has 0 bridgehead atoms. The van der Waals surface area contributed by atoms with Crippen LogP contribution in [-0.2, 0) is 42.0 Å². The summed E-state index contributed by atoms with van der Waals surface area (Å²) in [5, 5.41) is 1.02. The number of esters is 3. The van der Waals surface area contributed by atoms with Crippen molar-refractivity contribution in [2.75, 3.05) is 39.5 Å². The molecule has 0 amide bonds. The number of fused-ring (bicyclic) bond motifs is 1. The number of aryl methyl sites for hydroxylation is 1. The average molecular weight is 968 g/mol. The summed E-state index contributed by atoms with van der Waals surface area (Å²) < 4.78 is 27.2. The summed E-state index contributed by atoms with van der Waals surface area (Å²) >= 11 is 0. The molecule has 3 atom stereocenters. The van der Waals surface area contributed by atoms with Crippen molar-refractivity contribution >= 4 is 28.8 Å². The number of hydrogen-bond acceptors (Lipinski definition) is 8. The van der Waals surface area contributed by atoms with Crippen molar-refractivity contribution in [2.45, 2.75) is 258 Å². The summed E-state index contributed by atoms with van der Waals surface area (Å²) in [6.45, 7) is 13.4. The Morgan fingerprint density at radius 2 is 0.870 bits per heavy atom. The number of ether oxygens (including phenoxy) is 3. The summed E-state index contributed by atoms with van der Waals surface area (Å²) in [4.78, 5) is 41.8. The molecule has 2 aromatic rings. The van der Waals surface area contributed by atoms with Crippen molar-refractivity contribution in [1.82, 2.24) is 9.47 Å². The molecule has 69 heavy (non-hydrogen) atoms. The van der Waals surface area contributed by atoms with Crippen molar-refractivity contribution in [2.24, 2.45) is 24.6 Å². The van der Waals surface area contributed by atoms with Gasteiger partial charge in [-0.1, -0.05) is 200 Å². The summed E-state index contributed by atoms with van der Waals surface area (Å²) in [6.07, 6.45) is 40.7. The largest absolute Gasteiger partial charge is 0.465 e. The normalized spacial score (nSPS) is 13.2. The van der Waals surface area contributed by atoms with E-state index in [1.54, 1.807) is 0 Å². The van der Waals surface area contributed by atoms with E-state index in [9.17, 15) is 14.4 Å². The maximum absolute atomic E-state index is 13.2. The fraction of sp³-hybridized carbons (Fsp3) is 0.817. The Morgan fingerprint density at radius 1 is 0.507 bits per heavy atom. The van der Waals surface area contributed by atoms with E-state index in [2.05, 4.69) is 32.6 Å². The van der Waals surface area contributed by atoms with E-state index in [0.29, 0.717) is 26.2 Å². The molecule has 0 fully saturated rings. The molecule has 1 heterocycles. The highest BCUT2D eigenvalue weighted by atomic mass is 16.5. The topological polar surface area (TPSA) is 113 Å². The summed E-state index contributed by atoms with van der Waals surface area (Å²) in [5.74, 6) is -0.214. The Kier molecular flexibility index (Phi) is 37.4. The van der Waals surface area contributed by atoms with Crippen LogP contribution in [-0.4, -0.2) is 72.9 Å². The molecule has 2 rings (SSSR count). The zero-order chi connectivity index (χ0) is 50.7. The molecule has 0 spiro atoms. The van der Waals surface area contributed by atoms with Crippen LogP contribution in [0.15, 0.2) is 30.5 Å². The van der Waals surface area contributed by atoms with Crippen LogP contribution in [0, 0.1) is 11.8 Å². The van der Waals surface area contributed by atoms with Crippen LogP contribution in [0.3, 0.4) is 0 Å². The standard InChI is InChI=1S/C60H107N3O6/c1-6-10-14-18-20-28-40-52(38-26-16-12-8-3)58(64)67-47-35-24-22-32-44-63(46-34-37-49-69-60(66)56(61)50-54-51-62(5)57-43-31-30-42-55(54)57)45-33-23-25-36-48-68-59(65)53(39-27-17-13-9-4)41-29-21-19-15-11-7-2/h30-31,42-43,51-53,56H,6-29,32-41,44-50,61H2,1-5H3/t52?,53?,56-/m0/s1/i5D. The molecule has 0 aliphatic heterocycles. The minimum atomic E-state index is -0.752. The maximum Gasteiger partial charge on any atom is 0.323 e. The molecule has 9 heteroatoms. The van der Waals surface area contributed by atoms with Crippen LogP contribution in [0.5, 0.6) is 0 Å². The number of carbonyl (C=O) groups excluding carboxylic acids is 3. The molecule has 0 saturated heterocycles. The number of benzene rings is 1. The van der Waals surface area contributed by atoms with E-state index in [1.165, 1.54) is 103 Å². The van der Waals surface area contributed by atoms with E-state index >= 15 is 0 Å². The quantitative estimate of drug-likeness (QED) is 0.0396. The van der Waals surface area contributed by atoms with Gasteiger partial charge in [-0.25, -0.2) is 0 Å². The third kappa shape index (κ3) is 30.5. The first-order chi connectivity index (χ1) is 34.3. The predicted molar refractivity (Wildman–Crippen MR) is 291 cm³/mol. The zero-order valence-electron chi connectivity index (χ0n) is 46.2. The van der Waals surface area contributed by atoms with Gasteiger partial charge in [-0.2, -0.15) is 0 Å². The van der Waals surface area contributed by atoms with Crippen molar-refractivity contribution in [1.29, 1.82) is 0 Å². The molecule has 2 N–H and O–H groups in total. The fourth-order valence-electron chi connectivity index (χ4n) is 9.76. The first-order valence-corrected chi connectivity index (χ1v) is 29.1. The van der Waals surface area contributed by atoms with E-state index in [-0.39, 0.29) is 36.8 Å². The number of nitrogens with two attached hydrogens (primary N) is 1. The molecule has 398 valence electrons. The minimum Gasteiger partial charge on any atom is -0.465 e. The Morgan fingerprint density at radius 3 is 1.33 bits per heavy atom. The van der Waals surface area contributed by atoms with Gasteiger partial charge in [0.15, 0.2) is 0 Å². The molecule has 2 unspecified atom stereocenters. The number of aromatic nitrogens is 1. The summed E-state index contributed by atoms with van der Waals surface area (Å²) in [6, 6.07) is 7.19. The molecular weight excluding hydrogens is 859 g/mol. The van der Waals surface area contributed by atoms with E-state index in [4.69, 9.17) is 21.3 Å². The van der Waals surface area contributed by atoms with Crippen molar-refractivity contribution in [3.63, 3.8) is 0 Å². The number of carbonyl (C=O) groups is 3. The van der Waals surface area contributed by atoms with Crippen molar-refractivity contribution in [3.05, 3.63) is 36.0 Å². The van der Waals surface area contributed by atoms with Crippen LogP contribution in [0.4, 0.5) is 0 Å². The van der Waals surface area contributed by atoms with E-state index < -0.39 is 6.04 Å². The SMILES string of the molecule is [2H]Cn1cc(C[C@H](N)C(=O)OCCCCN(CCCCCCOC(=O)C(CCCCCC)CCCCCCCC)CCCCCCOC(=O)C(CCCCCC)CCCCCCCC)c2ccccc21. The minimum absolute atomic E-state index is 0.0288. The van der Waals surface area contributed by atoms with Gasteiger partial charge in [0.1, 0.15) is 6.04 Å². The van der Waals surface area contributed by atoms with E-state index in [0.717, 1.165) is 152 Å². The smallest absolute Gasteiger partial charge is 0.323 e. The van der Waals surface area contributed by atoms with Gasteiger partial charge >= 0.3 is 17.9 Å². The lowest BCUT2D eigenvalue weighted by Crippen LogP contribution is -2.34. The van der Waals surface area contributed by atoms with Gasteiger partial charge < -0.3 is 29.4 Å². The fourth-order valence-corrected chi connectivity index (χ4v) is 9.76. The molecule has 1 aromatic carbocycles. The van der Waals surface area contributed by atoms with Gasteiger partial charge in [0.05, 0.1) is 31.7 Å². The number of rotatable bonds is 48. The first kappa shape index (κ1) is 60.4. The maximum atomic E-state index is 13.2. The molecule has 0 aliphatic carbocycles. The number of nitrogens with zero attached hydrogens (tertiary/aromatic N) is 2. The van der Waals surface area contributed by atoms with Crippen LogP contribution in [0.2, 0.25) is 0 Å². The molecule has 1 aromatic heterocycles. The van der Waals surface area contributed by atoms with Gasteiger partial charge in [-0.3, -0.25) is 14.4 Å². The summed E-state index contributed by atoms with van der Waals surface area (Å²) in [5.41, 5.74) is 8.28. The second-order valence-electron chi connectivity index (χ2n) is 20.5. The number of hydrogen-bond donors (Lipinski definition) is 1. The number of para-hydroxylation sites is 1. The van der Waals surface area contributed by atoms with E-state index in [1.807, 2.05) is 35.0 Å². The van der Waals surface area contributed by atoms with Gasteiger partial charge in [0.25, 0.3) is 0 Å². The first-order valence-electron chi connectivity index (χ1n) is 29.8. The van der Waals surface area contributed by atoms with Gasteiger partial charge in [-0.05, 0) is 95.5 Å². The Hall–Kier alpha value is -2.91. The monoisotopic (exact) mass is 967 g/mol. The van der Waals surface area contributed by atoms with Gasteiger partial charge in [0, 0.05) is 31.9 Å². The third-order valence-corrected chi connectivity index (χ3v) is 14.2. The average Bonchev–Trinajstić information content (AvgIpc) is 3.72. The lowest BCUT2D eigenvalue weighted by molar-refractivity contribution is -0.150. The Balaban J connectivity index is 1.81. The van der Waals surface area contributed by atoms with Gasteiger partial charge in [-0.15, -0.1) is 0 Å². The molecule has 0 aliphatic rings. The third-order valence-electron chi connectivity index (χ3n) is 14.2. The van der Waals surface area contributed by atoms with Crippen molar-refractivity contribution in [3.8, 4) is 0 Å². The van der Waals surface area contributed by atoms with Crippen LogP contribution in [0.1, 0.15) is 253 Å². The molecule has 0 saturated carbocycles. The molecular formula is C60H107N3O6. The lowest BCUT2D eigenvalue weighted by atomic mass is 9.94.